The summed E-state index contributed by atoms with van der Waals surface area (Å²) < 4.78 is 0. The number of thiazole rings is 1. The maximum atomic E-state index is 11.6. The fraction of sp³-hybridized carbons (Fsp3) is 0.667. The van der Waals surface area contributed by atoms with Crippen LogP contribution in [0.2, 0.25) is 0 Å². The molecule has 1 amide bonds. The third-order valence-corrected chi connectivity index (χ3v) is 3.84. The molecule has 5 heteroatoms. The summed E-state index contributed by atoms with van der Waals surface area (Å²) in [5, 5.41) is 6.71. The predicted molar refractivity (Wildman–Crippen MR) is 70.5 cm³/mol. The van der Waals surface area contributed by atoms with Gasteiger partial charge in [-0.25, -0.2) is 4.98 Å². The molecule has 0 saturated carbocycles. The van der Waals surface area contributed by atoms with Crippen molar-refractivity contribution in [3.05, 3.63) is 10.6 Å². The number of fused-ring (bicyclic) bond motifs is 1. The largest absolute Gasteiger partial charge is 0.306 e. The molecule has 1 aromatic rings. The summed E-state index contributed by atoms with van der Waals surface area (Å²) in [4.78, 5) is 17.4. The molecule has 0 aromatic carbocycles. The minimum Gasteiger partial charge on any atom is -0.306 e. The number of aromatic nitrogens is 1. The molecule has 0 fully saturated rings. The second-order valence-electron chi connectivity index (χ2n) is 4.68. The number of hydrogen-bond acceptors (Lipinski definition) is 4. The van der Waals surface area contributed by atoms with Gasteiger partial charge in [0.25, 0.3) is 0 Å². The van der Waals surface area contributed by atoms with Crippen LogP contribution in [0.15, 0.2) is 0 Å². The Kier molecular flexibility index (Phi) is 4.12. The lowest BCUT2D eigenvalue weighted by atomic mass is 10.0. The van der Waals surface area contributed by atoms with Crippen molar-refractivity contribution in [2.75, 3.05) is 11.9 Å². The zero-order chi connectivity index (χ0) is 12.3. The quantitative estimate of drug-likeness (QED) is 0.862. The molecule has 94 valence electrons. The van der Waals surface area contributed by atoms with E-state index in [-0.39, 0.29) is 5.91 Å². The van der Waals surface area contributed by atoms with Gasteiger partial charge in [0.2, 0.25) is 5.91 Å². The van der Waals surface area contributed by atoms with Crippen LogP contribution < -0.4 is 10.6 Å². The first-order chi connectivity index (χ1) is 8.15. The Labute approximate surface area is 106 Å². The first kappa shape index (κ1) is 12.5. The third-order valence-electron chi connectivity index (χ3n) is 2.76. The van der Waals surface area contributed by atoms with Crippen LogP contribution in [0.4, 0.5) is 5.13 Å². The number of carbonyl (C=O) groups excluding carboxylic acids is 1. The summed E-state index contributed by atoms with van der Waals surface area (Å²) in [6.45, 7) is 4.40. The van der Waals surface area contributed by atoms with Gasteiger partial charge in [-0.05, 0) is 25.7 Å². The van der Waals surface area contributed by atoms with Crippen molar-refractivity contribution in [2.24, 2.45) is 0 Å². The minimum absolute atomic E-state index is 0.00945. The van der Waals surface area contributed by atoms with E-state index < -0.39 is 0 Å². The zero-order valence-electron chi connectivity index (χ0n) is 10.4. The van der Waals surface area contributed by atoms with E-state index >= 15 is 0 Å². The summed E-state index contributed by atoms with van der Waals surface area (Å²) in [6, 6.07) is 0.324. The Morgan fingerprint density at radius 3 is 2.88 bits per heavy atom. The van der Waals surface area contributed by atoms with E-state index in [2.05, 4.69) is 15.6 Å². The molecule has 0 saturated heterocycles. The fourth-order valence-electron chi connectivity index (χ4n) is 1.87. The Balaban J connectivity index is 1.90. The van der Waals surface area contributed by atoms with Crippen LogP contribution in [0.25, 0.3) is 0 Å². The molecule has 2 rings (SSSR count). The van der Waals surface area contributed by atoms with Crippen molar-refractivity contribution in [3.8, 4) is 0 Å². The summed E-state index contributed by atoms with van der Waals surface area (Å²) in [7, 11) is 0. The molecule has 4 nitrogen and oxygen atoms in total. The number of aryl methyl sites for hydroxylation is 2. The standard InChI is InChI=1S/C12H19N3OS/c1-8(2)13-7-11(16)15-12-14-9-5-3-4-6-10(9)17-12/h8,13H,3-7H2,1-2H3,(H,14,15,16). The van der Waals surface area contributed by atoms with Gasteiger partial charge in [-0.1, -0.05) is 13.8 Å². The number of nitrogens with one attached hydrogen (secondary N) is 2. The van der Waals surface area contributed by atoms with Gasteiger partial charge in [0.1, 0.15) is 0 Å². The highest BCUT2D eigenvalue weighted by molar-refractivity contribution is 7.15. The molecule has 17 heavy (non-hydrogen) atoms. The lowest BCUT2D eigenvalue weighted by molar-refractivity contribution is -0.115. The van der Waals surface area contributed by atoms with Gasteiger partial charge in [0.05, 0.1) is 12.2 Å². The van der Waals surface area contributed by atoms with E-state index in [9.17, 15) is 4.79 Å². The second-order valence-corrected chi connectivity index (χ2v) is 5.76. The van der Waals surface area contributed by atoms with E-state index in [0.717, 1.165) is 18.0 Å². The van der Waals surface area contributed by atoms with E-state index in [4.69, 9.17) is 0 Å². The van der Waals surface area contributed by atoms with E-state index in [0.29, 0.717) is 12.6 Å². The second kappa shape index (κ2) is 5.60. The zero-order valence-corrected chi connectivity index (χ0v) is 11.2. The van der Waals surface area contributed by atoms with Gasteiger partial charge in [-0.15, -0.1) is 11.3 Å². The van der Waals surface area contributed by atoms with Crippen molar-refractivity contribution < 1.29 is 4.79 Å². The number of anilines is 1. The average Bonchev–Trinajstić information content (AvgIpc) is 2.68. The molecule has 1 heterocycles. The summed E-state index contributed by atoms with van der Waals surface area (Å²) in [6.07, 6.45) is 4.65. The number of hydrogen-bond donors (Lipinski definition) is 2. The average molecular weight is 253 g/mol. The summed E-state index contributed by atoms with van der Waals surface area (Å²) >= 11 is 1.63. The monoisotopic (exact) mass is 253 g/mol. The molecule has 0 aliphatic heterocycles. The van der Waals surface area contributed by atoms with Crippen molar-refractivity contribution in [1.82, 2.24) is 10.3 Å². The first-order valence-electron chi connectivity index (χ1n) is 6.17. The third kappa shape index (κ3) is 3.51. The van der Waals surface area contributed by atoms with Crippen molar-refractivity contribution in [1.29, 1.82) is 0 Å². The van der Waals surface area contributed by atoms with Crippen LogP contribution in [0.3, 0.4) is 0 Å². The lowest BCUT2D eigenvalue weighted by Crippen LogP contribution is -2.32. The Morgan fingerprint density at radius 2 is 2.18 bits per heavy atom. The summed E-state index contributed by atoms with van der Waals surface area (Å²) in [5.41, 5.74) is 1.19. The van der Waals surface area contributed by atoms with Crippen LogP contribution in [0.5, 0.6) is 0 Å². The Morgan fingerprint density at radius 1 is 1.41 bits per heavy atom. The maximum Gasteiger partial charge on any atom is 0.240 e. The molecule has 1 aliphatic rings. The van der Waals surface area contributed by atoms with E-state index in [1.165, 1.54) is 23.4 Å². The van der Waals surface area contributed by atoms with Crippen LogP contribution in [0, 0.1) is 0 Å². The Bertz CT molecular complexity index is 377. The molecule has 0 radical (unpaired) electrons. The summed E-state index contributed by atoms with van der Waals surface area (Å²) in [5.74, 6) is -0.00945. The first-order valence-corrected chi connectivity index (χ1v) is 6.98. The topological polar surface area (TPSA) is 54.0 Å². The lowest BCUT2D eigenvalue weighted by Gasteiger charge is -2.06. The van der Waals surface area contributed by atoms with Crippen molar-refractivity contribution in [3.63, 3.8) is 0 Å². The van der Waals surface area contributed by atoms with Gasteiger partial charge in [0, 0.05) is 10.9 Å². The van der Waals surface area contributed by atoms with Crippen LogP contribution >= 0.6 is 11.3 Å². The number of carbonyl (C=O) groups is 1. The minimum atomic E-state index is -0.00945. The fourth-order valence-corrected chi connectivity index (χ4v) is 2.93. The van der Waals surface area contributed by atoms with Gasteiger partial charge in [-0.3, -0.25) is 4.79 Å². The van der Waals surface area contributed by atoms with E-state index in [1.807, 2.05) is 13.8 Å². The highest BCUT2D eigenvalue weighted by Crippen LogP contribution is 2.29. The van der Waals surface area contributed by atoms with Crippen LogP contribution in [-0.4, -0.2) is 23.5 Å². The van der Waals surface area contributed by atoms with E-state index in [1.54, 1.807) is 11.3 Å². The number of amides is 1. The van der Waals surface area contributed by atoms with Gasteiger partial charge >= 0.3 is 0 Å². The molecule has 1 aromatic heterocycles. The molecule has 0 atom stereocenters. The smallest absolute Gasteiger partial charge is 0.240 e. The molecule has 1 aliphatic carbocycles. The Hall–Kier alpha value is -0.940. The maximum absolute atomic E-state index is 11.6. The van der Waals surface area contributed by atoms with Crippen LogP contribution in [-0.2, 0) is 17.6 Å². The normalized spacial score (nSPS) is 14.8. The predicted octanol–water partition coefficient (Wildman–Crippen LogP) is 1.96. The SMILES string of the molecule is CC(C)NCC(=O)Nc1nc2c(s1)CCCC2. The van der Waals surface area contributed by atoms with Crippen LogP contribution in [0.1, 0.15) is 37.3 Å². The molecule has 0 bridgehead atoms. The molecular formula is C12H19N3OS. The highest BCUT2D eigenvalue weighted by Gasteiger charge is 2.16. The van der Waals surface area contributed by atoms with Crippen molar-refractivity contribution in [2.45, 2.75) is 45.6 Å². The molecule has 0 spiro atoms. The number of nitrogens with zero attached hydrogens (tertiary/aromatic N) is 1. The van der Waals surface area contributed by atoms with Gasteiger partial charge in [0.15, 0.2) is 5.13 Å². The molecular weight excluding hydrogens is 234 g/mol. The number of rotatable bonds is 4. The van der Waals surface area contributed by atoms with Gasteiger partial charge in [-0.2, -0.15) is 0 Å². The molecule has 2 N–H and O–H groups in total. The highest BCUT2D eigenvalue weighted by atomic mass is 32.1. The van der Waals surface area contributed by atoms with Gasteiger partial charge < -0.3 is 10.6 Å². The molecule has 0 unspecified atom stereocenters. The van der Waals surface area contributed by atoms with Crippen molar-refractivity contribution >= 4 is 22.4 Å².